The fourth-order valence-corrected chi connectivity index (χ4v) is 1.03. The van der Waals surface area contributed by atoms with Crippen molar-refractivity contribution in [2.24, 2.45) is 0 Å². The summed E-state index contributed by atoms with van der Waals surface area (Å²) in [5.41, 5.74) is 0.752. The van der Waals surface area contributed by atoms with Gasteiger partial charge in [0, 0.05) is 18.8 Å². The second-order valence-corrected chi connectivity index (χ2v) is 2.70. The standard InChI is InChI=1S/C9H9N2O3.Fm/c12-6-11-8(9(13)14)4-7-2-1-3-10-5-7;/h1-3,5,8H,4H2,(H,11,12)(H,13,14);/q-1;. The number of hydrogen-bond acceptors (Lipinski definition) is 3. The van der Waals surface area contributed by atoms with Gasteiger partial charge in [0.1, 0.15) is 6.04 Å². The van der Waals surface area contributed by atoms with E-state index in [1.807, 2.05) is 0 Å². The molecule has 0 spiro atoms. The Labute approximate surface area is 80.8 Å². The van der Waals surface area contributed by atoms with Gasteiger partial charge in [-0.05, 0) is 11.6 Å². The molecule has 5 nitrogen and oxygen atoms in total. The first kappa shape index (κ1) is 12.1. The van der Waals surface area contributed by atoms with E-state index in [0.29, 0.717) is 0 Å². The van der Waals surface area contributed by atoms with Crippen LogP contribution in [0.1, 0.15) is 5.56 Å². The van der Waals surface area contributed by atoms with Gasteiger partial charge in [-0.2, -0.15) is 6.41 Å². The summed E-state index contributed by atoms with van der Waals surface area (Å²) in [5, 5.41) is 10.8. The first-order chi connectivity index (χ1) is 6.74. The summed E-state index contributed by atoms with van der Waals surface area (Å²) in [5.74, 6) is -1.09. The second kappa shape index (κ2) is 5.69. The number of carbonyl (C=O) groups is 1. The van der Waals surface area contributed by atoms with Gasteiger partial charge in [0.15, 0.2) is 0 Å². The number of nitrogens with zero attached hydrogens (tertiary/aromatic N) is 1. The third-order valence-corrected chi connectivity index (χ3v) is 1.69. The maximum Gasteiger partial charge on any atom is 0.323 e. The zero-order valence-electron chi connectivity index (χ0n) is 7.59. The molecular weight excluding hydrogens is 441 g/mol. The van der Waals surface area contributed by atoms with Crippen molar-refractivity contribution in [3.05, 3.63) is 30.1 Å². The van der Waals surface area contributed by atoms with Crippen LogP contribution in [0.5, 0.6) is 0 Å². The summed E-state index contributed by atoms with van der Waals surface area (Å²) < 4.78 is 0. The molecule has 0 aromatic carbocycles. The molecular formula is C9H9FmN2O3-. The number of nitrogens with one attached hydrogen (secondary N) is 1. The maximum absolute atomic E-state index is 10.6. The van der Waals surface area contributed by atoms with Crippen molar-refractivity contribution in [2.75, 3.05) is 0 Å². The Balaban J connectivity index is 0.00000196. The van der Waals surface area contributed by atoms with Crippen LogP contribution in [0.15, 0.2) is 24.5 Å². The van der Waals surface area contributed by atoms with Gasteiger partial charge in [0.2, 0.25) is 0 Å². The summed E-state index contributed by atoms with van der Waals surface area (Å²) in [6.07, 6.45) is 4.73. The summed E-state index contributed by atoms with van der Waals surface area (Å²) in [7, 11) is 0. The van der Waals surface area contributed by atoms with Crippen LogP contribution in [-0.4, -0.2) is 28.5 Å². The predicted octanol–water partition coefficient (Wildman–Crippen LogP) is -0.266. The van der Waals surface area contributed by atoms with Crippen molar-refractivity contribution in [2.45, 2.75) is 12.5 Å². The fraction of sp³-hybridized carbons (Fsp3) is 0.222. The second-order valence-electron chi connectivity index (χ2n) is 2.70. The summed E-state index contributed by atoms with van der Waals surface area (Å²) in [6, 6.07) is 2.51. The largest absolute Gasteiger partial charge is 0.520 e. The molecule has 86 valence electrons. The van der Waals surface area contributed by atoms with Gasteiger partial charge in [-0.25, -0.2) is 0 Å². The van der Waals surface area contributed by atoms with E-state index in [1.54, 1.807) is 24.5 Å². The number of pyridine rings is 1. The quantitative estimate of drug-likeness (QED) is 0.479. The minimum atomic E-state index is -1.09. The van der Waals surface area contributed by atoms with Gasteiger partial charge >= 0.3 is 5.97 Å². The molecule has 1 unspecified atom stereocenters. The number of rotatable bonds is 5. The fourth-order valence-electron chi connectivity index (χ4n) is 1.03. The average Bonchev–Trinajstić information content (AvgIpc) is 2.18. The Morgan fingerprint density at radius 1 is 1.67 bits per heavy atom. The van der Waals surface area contributed by atoms with Gasteiger partial charge in [0.05, 0.1) is 0 Å². The molecule has 15 heavy (non-hydrogen) atoms. The Kier molecular flexibility index (Phi) is 4.58. The van der Waals surface area contributed by atoms with E-state index < -0.39 is 12.0 Å². The number of aliphatic carboxylic acids is 1. The SMILES string of the molecule is O=[C-]NC(Cc1cccnc1)C(=O)O.[Fm]. The number of carboxylic acid groups (broad SMARTS) is 1. The number of aromatic nitrogens is 1. The van der Waals surface area contributed by atoms with Gasteiger partial charge in [-0.1, -0.05) is 6.07 Å². The molecule has 2 N–H and O–H groups in total. The first-order valence-electron chi connectivity index (χ1n) is 3.98. The van der Waals surface area contributed by atoms with Crippen molar-refractivity contribution in [1.82, 2.24) is 10.3 Å². The zero-order chi connectivity index (χ0) is 10.4. The Hall–Kier alpha value is -2.91. The molecule has 1 atom stereocenters. The number of carbonyl (C=O) groups excluding carboxylic acids is 1. The van der Waals surface area contributed by atoms with E-state index in [2.05, 4.69) is 10.3 Å². The molecule has 1 amide bonds. The van der Waals surface area contributed by atoms with Gasteiger partial charge in [-0.15, -0.1) is 0 Å². The van der Waals surface area contributed by atoms with Crippen LogP contribution < -0.4 is 5.32 Å². The molecule has 0 saturated carbocycles. The topological polar surface area (TPSA) is 79.3 Å². The van der Waals surface area contributed by atoms with Crippen LogP contribution >= 0.6 is 0 Å². The van der Waals surface area contributed by atoms with Crippen LogP contribution in [0.2, 0.25) is 0 Å². The van der Waals surface area contributed by atoms with E-state index in [4.69, 9.17) is 5.11 Å². The molecule has 0 fully saturated rings. The van der Waals surface area contributed by atoms with Crippen molar-refractivity contribution < 1.29 is 14.7 Å². The third kappa shape index (κ3) is 3.54. The Morgan fingerprint density at radius 2 is 2.40 bits per heavy atom. The van der Waals surface area contributed by atoms with Gasteiger partial charge < -0.3 is 15.2 Å². The average molecular weight is 450 g/mol. The molecule has 0 aliphatic carbocycles. The van der Waals surface area contributed by atoms with Gasteiger partial charge in [-0.3, -0.25) is 9.78 Å². The first-order valence-corrected chi connectivity index (χ1v) is 3.98. The van der Waals surface area contributed by atoms with Crippen molar-refractivity contribution >= 4 is 12.4 Å². The van der Waals surface area contributed by atoms with Crippen molar-refractivity contribution in [3.8, 4) is 0 Å². The molecule has 1 rings (SSSR count). The van der Waals surface area contributed by atoms with Crippen molar-refractivity contribution in [1.29, 1.82) is 0 Å². The Morgan fingerprint density at radius 3 is 2.87 bits per heavy atom. The Bertz CT molecular complexity index is 318. The van der Waals surface area contributed by atoms with E-state index in [0.717, 1.165) is 5.56 Å². The minimum absolute atomic E-state index is 0. The molecule has 1 heterocycles. The van der Waals surface area contributed by atoms with Crippen LogP contribution in [0.3, 0.4) is 0 Å². The van der Waals surface area contributed by atoms with E-state index in [1.165, 1.54) is 6.41 Å². The van der Waals surface area contributed by atoms with Gasteiger partial charge in [0.25, 0.3) is 0 Å². The normalized spacial score (nSPS) is 10.9. The van der Waals surface area contributed by atoms with Crippen LogP contribution in [0, 0.1) is 0 Å². The molecule has 0 aliphatic rings. The molecule has 1 aromatic heterocycles. The molecule has 0 radical (unpaired) electrons. The van der Waals surface area contributed by atoms with Crippen LogP contribution in [0.25, 0.3) is 0 Å². The summed E-state index contributed by atoms with van der Waals surface area (Å²) in [4.78, 5) is 24.5. The van der Waals surface area contributed by atoms with E-state index >= 15 is 0 Å². The number of amides is 1. The third-order valence-electron chi connectivity index (χ3n) is 1.69. The molecule has 0 saturated heterocycles. The molecule has 0 bridgehead atoms. The smallest absolute Gasteiger partial charge is 0.323 e. The predicted molar refractivity (Wildman–Crippen MR) is 48.2 cm³/mol. The summed E-state index contributed by atoms with van der Waals surface area (Å²) in [6.45, 7) is 0. The number of hydrogen-bond donors (Lipinski definition) is 2. The van der Waals surface area contributed by atoms with Crippen molar-refractivity contribution in [3.63, 3.8) is 0 Å². The van der Waals surface area contributed by atoms with E-state index in [9.17, 15) is 9.59 Å². The minimum Gasteiger partial charge on any atom is -0.520 e. The summed E-state index contributed by atoms with van der Waals surface area (Å²) >= 11 is 0. The number of carboxylic acids is 1. The van der Waals surface area contributed by atoms with Crippen LogP contribution in [-0.2, 0) is 16.0 Å². The molecule has 6 heteroatoms. The monoisotopic (exact) mass is 450 g/mol. The van der Waals surface area contributed by atoms with Crippen LogP contribution in [0.4, 0.5) is 0 Å². The molecule has 0 aliphatic heterocycles. The van der Waals surface area contributed by atoms with E-state index in [-0.39, 0.29) is 6.42 Å². The molecule has 1 aromatic rings. The maximum atomic E-state index is 10.6. The zero-order valence-corrected chi connectivity index (χ0v) is 10.00.